The van der Waals surface area contributed by atoms with Gasteiger partial charge in [-0.2, -0.15) is 114 Å². The highest BCUT2D eigenvalue weighted by molar-refractivity contribution is 7.99. The lowest BCUT2D eigenvalue weighted by Crippen LogP contribution is -2.70. The highest BCUT2D eigenvalue weighted by Gasteiger charge is 2.92. The van der Waals surface area contributed by atoms with Crippen LogP contribution in [0.1, 0.15) is 12.8 Å². The van der Waals surface area contributed by atoms with Gasteiger partial charge in [0.05, 0.1) is 20.0 Å². The molecule has 0 fully saturated rings. The van der Waals surface area contributed by atoms with E-state index in [0.29, 0.717) is 17.0 Å². The Balaban J connectivity index is 3.28. The quantitative estimate of drug-likeness (QED) is 0.0975. The molecule has 1 rings (SSSR count). The fourth-order valence-electron chi connectivity index (χ4n) is 3.31. The molecule has 49 heavy (non-hydrogen) atoms. The Bertz CT molecular complexity index is 1300. The summed E-state index contributed by atoms with van der Waals surface area (Å²) in [6.07, 6.45) is -20.2. The zero-order valence-electron chi connectivity index (χ0n) is 22.6. The van der Waals surface area contributed by atoms with E-state index in [1.54, 1.807) is 0 Å². The number of thioether (sulfide) groups is 1. The fraction of sp³-hybridized carbons (Fsp3) is 0.850. The molecule has 2 nitrogen and oxygen atoms in total. The van der Waals surface area contributed by atoms with E-state index in [1.807, 2.05) is 0 Å². The van der Waals surface area contributed by atoms with Gasteiger partial charge in [-0.25, -0.2) is 9.13 Å². The first kappa shape index (κ1) is 44.8. The third-order valence-electron chi connectivity index (χ3n) is 6.33. The summed E-state index contributed by atoms with van der Waals surface area (Å²) >= 11 is -0.447. The van der Waals surface area contributed by atoms with Gasteiger partial charge in [0.1, 0.15) is 12.4 Å². The number of halogens is 26. The second-order valence-corrected chi connectivity index (χ2v) is 10.8. The van der Waals surface area contributed by atoms with Crippen LogP contribution in [0.25, 0.3) is 0 Å². The molecule has 0 spiro atoms. The number of nitrogens with zero attached hydrogens (tertiary/aromatic N) is 2. The summed E-state index contributed by atoms with van der Waals surface area (Å²) in [6, 6.07) is 0. The SMILES string of the molecule is C[n+]1ccn(CCC(F)(F)C(F)(F)C(F)(F)C(F)(F)C(F)(F)C(F)(F)F)c1SCCC(F)(F)C(F)(F)C(F)(F)C(F)(F)C(F)(F)C(F)(F)F. The first-order valence-electron chi connectivity index (χ1n) is 11.7. The first-order chi connectivity index (χ1) is 21.1. The topological polar surface area (TPSA) is 8.81 Å². The van der Waals surface area contributed by atoms with Gasteiger partial charge >= 0.3 is 76.7 Å². The van der Waals surface area contributed by atoms with Gasteiger partial charge in [-0.15, -0.1) is 0 Å². The normalized spacial score (nSPS) is 16.1. The Morgan fingerprint density at radius 1 is 0.469 bits per heavy atom. The Morgan fingerprint density at radius 2 is 0.776 bits per heavy atom. The molecular weight excluding hydrogens is 794 g/mol. The molecule has 0 bridgehead atoms. The summed E-state index contributed by atoms with van der Waals surface area (Å²) in [5.74, 6) is -79.4. The van der Waals surface area contributed by atoms with E-state index >= 15 is 0 Å². The van der Waals surface area contributed by atoms with Gasteiger partial charge in [0.25, 0.3) is 0 Å². The summed E-state index contributed by atoms with van der Waals surface area (Å²) in [6.45, 7) is -1.92. The second-order valence-electron chi connectivity index (χ2n) is 9.73. The van der Waals surface area contributed by atoms with Gasteiger partial charge < -0.3 is 0 Å². The smallest absolute Gasteiger partial charge is 0.227 e. The van der Waals surface area contributed by atoms with Gasteiger partial charge in [-0.05, 0) is 11.8 Å². The van der Waals surface area contributed by atoms with Crippen molar-refractivity contribution in [2.45, 2.75) is 96.1 Å². The van der Waals surface area contributed by atoms with Crippen molar-refractivity contribution in [2.24, 2.45) is 7.05 Å². The zero-order chi connectivity index (χ0) is 39.7. The monoisotopic (exact) mass is 807 g/mol. The average Bonchev–Trinajstić information content (AvgIpc) is 3.24. The van der Waals surface area contributed by atoms with Gasteiger partial charge in [0.15, 0.2) is 0 Å². The predicted molar refractivity (Wildman–Crippen MR) is 107 cm³/mol. The van der Waals surface area contributed by atoms with Crippen molar-refractivity contribution in [2.75, 3.05) is 5.75 Å². The number of rotatable bonds is 15. The standard InChI is InChI=1S/C20H13F26N2S/c1-47-5-6-48(4-2-9(21,22)11(25,26)13(29,30)15(33,34)17(37,38)19(41,42)43)8(47)49-7-3-10(23,24)12(27,28)14(31,32)16(35,36)18(39,40)20(44,45)46/h5-6H,2-4,7H2,1H3/q+1. The number of alkyl halides is 26. The summed E-state index contributed by atoms with van der Waals surface area (Å²) in [7, 11) is 0.736. The molecule has 0 radical (unpaired) electrons. The van der Waals surface area contributed by atoms with Crippen LogP contribution in [-0.2, 0) is 13.6 Å². The molecule has 0 aliphatic heterocycles. The van der Waals surface area contributed by atoms with Gasteiger partial charge in [0, 0.05) is 12.2 Å². The largest absolute Gasteiger partial charge is 0.460 e. The molecule has 0 amide bonds. The van der Waals surface area contributed by atoms with Crippen LogP contribution in [0.4, 0.5) is 114 Å². The molecule has 0 N–H and O–H groups in total. The zero-order valence-corrected chi connectivity index (χ0v) is 23.4. The van der Waals surface area contributed by atoms with E-state index in [9.17, 15) is 114 Å². The molecule has 1 aromatic rings. The minimum Gasteiger partial charge on any atom is -0.227 e. The third kappa shape index (κ3) is 6.76. The van der Waals surface area contributed by atoms with Crippen LogP contribution in [-0.4, -0.2) is 81.9 Å². The Labute approximate surface area is 257 Å². The van der Waals surface area contributed by atoms with Crippen molar-refractivity contribution < 1.29 is 119 Å². The molecule has 0 aromatic carbocycles. The van der Waals surface area contributed by atoms with Crippen LogP contribution in [0, 0.1) is 0 Å². The minimum atomic E-state index is -8.23. The number of aryl methyl sites for hydroxylation is 2. The van der Waals surface area contributed by atoms with Crippen molar-refractivity contribution in [3.8, 4) is 0 Å². The fourth-order valence-corrected chi connectivity index (χ4v) is 4.44. The number of imidazole rings is 1. The second kappa shape index (κ2) is 12.5. The maximum Gasteiger partial charge on any atom is 0.460 e. The van der Waals surface area contributed by atoms with Crippen molar-refractivity contribution in [3.05, 3.63) is 12.4 Å². The lowest BCUT2D eigenvalue weighted by molar-refractivity contribution is -0.709. The number of aromatic nitrogens is 2. The summed E-state index contributed by atoms with van der Waals surface area (Å²) in [5.41, 5.74) is 0. The molecule has 0 aliphatic rings. The minimum absolute atomic E-state index is 0.0399. The molecule has 0 atom stereocenters. The Kier molecular flexibility index (Phi) is 11.4. The van der Waals surface area contributed by atoms with Crippen molar-refractivity contribution in [1.29, 1.82) is 0 Å². The van der Waals surface area contributed by atoms with Crippen molar-refractivity contribution >= 4 is 11.8 Å². The lowest BCUT2D eigenvalue weighted by atomic mass is 9.92. The van der Waals surface area contributed by atoms with Crippen LogP contribution < -0.4 is 4.57 Å². The summed E-state index contributed by atoms with van der Waals surface area (Å²) < 4.78 is 345. The van der Waals surface area contributed by atoms with E-state index in [4.69, 9.17) is 0 Å². The van der Waals surface area contributed by atoms with Gasteiger partial charge in [0.2, 0.25) is 0 Å². The highest BCUT2D eigenvalue weighted by atomic mass is 32.2. The highest BCUT2D eigenvalue weighted by Crippen LogP contribution is 2.62. The average molecular weight is 807 g/mol. The van der Waals surface area contributed by atoms with Gasteiger partial charge in [-0.1, -0.05) is 0 Å². The number of hydrogen-bond donors (Lipinski definition) is 0. The molecule has 29 heteroatoms. The van der Waals surface area contributed by atoms with Crippen molar-refractivity contribution in [1.82, 2.24) is 4.57 Å². The van der Waals surface area contributed by atoms with E-state index in [2.05, 4.69) is 0 Å². The summed E-state index contributed by atoms with van der Waals surface area (Å²) in [5, 5.41) is -0.986. The first-order valence-corrected chi connectivity index (χ1v) is 12.7. The van der Waals surface area contributed by atoms with Crippen LogP contribution in [0.5, 0.6) is 0 Å². The van der Waals surface area contributed by atoms with E-state index < -0.39 is 114 Å². The van der Waals surface area contributed by atoms with E-state index in [0.717, 1.165) is 7.05 Å². The Hall–Kier alpha value is -2.26. The molecule has 1 heterocycles. The molecule has 290 valence electrons. The Morgan fingerprint density at radius 3 is 1.10 bits per heavy atom. The van der Waals surface area contributed by atoms with Crippen LogP contribution in [0.2, 0.25) is 0 Å². The molecule has 0 unspecified atom stereocenters. The molecule has 1 aromatic heterocycles. The molecule has 0 aliphatic carbocycles. The van der Waals surface area contributed by atoms with Crippen molar-refractivity contribution in [3.63, 3.8) is 0 Å². The van der Waals surface area contributed by atoms with E-state index in [1.165, 1.54) is 0 Å². The van der Waals surface area contributed by atoms with E-state index in [-0.39, 0.29) is 4.57 Å². The summed E-state index contributed by atoms with van der Waals surface area (Å²) in [4.78, 5) is 0. The molecule has 0 saturated carbocycles. The predicted octanol–water partition coefficient (Wildman–Crippen LogP) is 9.66. The molecule has 0 saturated heterocycles. The number of hydrogen-bond acceptors (Lipinski definition) is 1. The lowest BCUT2D eigenvalue weighted by Gasteiger charge is -2.39. The maximum absolute atomic E-state index is 14.1. The maximum atomic E-state index is 14.1. The van der Waals surface area contributed by atoms with Crippen LogP contribution >= 0.6 is 11.8 Å². The third-order valence-corrected chi connectivity index (χ3v) is 7.52. The van der Waals surface area contributed by atoms with Gasteiger partial charge in [-0.3, -0.25) is 0 Å². The van der Waals surface area contributed by atoms with Crippen LogP contribution in [0.3, 0.4) is 0 Å². The van der Waals surface area contributed by atoms with Crippen LogP contribution in [0.15, 0.2) is 17.6 Å². The molecular formula is C20H13F26N2S+.